The minimum atomic E-state index is -1.02. The number of carbonyl (C=O) groups excluding carboxylic acids is 1. The summed E-state index contributed by atoms with van der Waals surface area (Å²) in [5, 5.41) is 8.41. The molecule has 0 aromatic rings. The predicted molar refractivity (Wildman–Crippen MR) is 71.5 cm³/mol. The summed E-state index contributed by atoms with van der Waals surface area (Å²) in [7, 11) is 0. The normalized spacial score (nSPS) is 24.3. The summed E-state index contributed by atoms with van der Waals surface area (Å²) in [6.45, 7) is -0.365. The topological polar surface area (TPSA) is 102 Å². The Morgan fingerprint density at radius 1 is 1.63 bits per heavy atom. The summed E-state index contributed by atoms with van der Waals surface area (Å²) in [6, 6.07) is 0. The van der Waals surface area contributed by atoms with Gasteiger partial charge in [0.2, 0.25) is 0 Å². The number of carboxylic acids is 1. The second-order valence-corrected chi connectivity index (χ2v) is 5.06. The molecule has 2 aliphatic rings. The number of thioether (sulfide) groups is 1. The van der Waals surface area contributed by atoms with E-state index in [1.165, 1.54) is 11.8 Å². The van der Waals surface area contributed by atoms with Crippen molar-refractivity contribution in [2.45, 2.75) is 11.7 Å². The van der Waals surface area contributed by atoms with Crippen molar-refractivity contribution >= 4 is 28.8 Å². The molecule has 1 unspecified atom stereocenters. The molecule has 0 aromatic carbocycles. The first kappa shape index (κ1) is 13.4. The van der Waals surface area contributed by atoms with Crippen molar-refractivity contribution in [3.05, 3.63) is 35.6 Å². The van der Waals surface area contributed by atoms with Crippen LogP contribution in [0.5, 0.6) is 0 Å². The Hall–Kier alpha value is -2.02. The van der Waals surface area contributed by atoms with Crippen LogP contribution in [-0.2, 0) is 14.3 Å². The van der Waals surface area contributed by atoms with Crippen molar-refractivity contribution in [3.63, 3.8) is 0 Å². The van der Waals surface area contributed by atoms with Gasteiger partial charge in [-0.1, -0.05) is 23.9 Å². The zero-order valence-electron chi connectivity index (χ0n) is 9.91. The number of aliphatic carboxylic acids is 1. The maximum Gasteiger partial charge on any atom is 0.341 e. The number of rotatable bonds is 4. The van der Waals surface area contributed by atoms with Crippen molar-refractivity contribution in [2.24, 2.45) is 10.7 Å². The Bertz CT molecular complexity index is 534. The van der Waals surface area contributed by atoms with Gasteiger partial charge in [0.05, 0.1) is 0 Å². The lowest BCUT2D eigenvalue weighted by Crippen LogP contribution is -2.09. The average molecular weight is 280 g/mol. The van der Waals surface area contributed by atoms with Crippen LogP contribution in [0.4, 0.5) is 0 Å². The van der Waals surface area contributed by atoms with E-state index in [-0.39, 0.29) is 22.9 Å². The smallest absolute Gasteiger partial charge is 0.341 e. The highest BCUT2D eigenvalue weighted by Gasteiger charge is 2.25. The summed E-state index contributed by atoms with van der Waals surface area (Å²) >= 11 is 1.22. The van der Waals surface area contributed by atoms with Crippen molar-refractivity contribution in [2.75, 3.05) is 6.61 Å². The van der Waals surface area contributed by atoms with E-state index in [2.05, 4.69) is 4.99 Å². The van der Waals surface area contributed by atoms with Gasteiger partial charge < -0.3 is 15.6 Å². The van der Waals surface area contributed by atoms with Crippen LogP contribution in [0.1, 0.15) is 6.42 Å². The Balaban J connectivity index is 1.92. The number of hydrogen-bond donors (Lipinski definition) is 2. The summed E-state index contributed by atoms with van der Waals surface area (Å²) in [6.07, 6.45) is 7.61. The van der Waals surface area contributed by atoms with Crippen LogP contribution in [-0.4, -0.2) is 34.0 Å². The van der Waals surface area contributed by atoms with Crippen LogP contribution in [0.2, 0.25) is 0 Å². The molecule has 0 bridgehead atoms. The van der Waals surface area contributed by atoms with Gasteiger partial charge in [0.15, 0.2) is 11.8 Å². The van der Waals surface area contributed by atoms with Crippen LogP contribution >= 0.6 is 11.8 Å². The number of carboxylic acid groups (broad SMARTS) is 1. The molecule has 0 saturated heterocycles. The first-order chi connectivity index (χ1) is 9.04. The summed E-state index contributed by atoms with van der Waals surface area (Å²) in [4.78, 5) is 25.4. The minimum Gasteiger partial charge on any atom is -0.482 e. The van der Waals surface area contributed by atoms with Gasteiger partial charge in [-0.15, -0.1) is 0 Å². The molecule has 1 aliphatic heterocycles. The Kier molecular flexibility index (Phi) is 4.06. The van der Waals surface area contributed by atoms with Gasteiger partial charge in [0, 0.05) is 0 Å². The molecule has 0 fully saturated rings. The average Bonchev–Trinajstić information content (AvgIpc) is 2.67. The highest BCUT2D eigenvalue weighted by atomic mass is 32.2. The van der Waals surface area contributed by atoms with E-state index in [9.17, 15) is 9.59 Å². The molecule has 2 rings (SSSR count). The van der Waals surface area contributed by atoms with Crippen LogP contribution in [0.15, 0.2) is 40.6 Å². The van der Waals surface area contributed by atoms with E-state index in [0.717, 1.165) is 5.57 Å². The second-order valence-electron chi connectivity index (χ2n) is 3.89. The zero-order valence-corrected chi connectivity index (χ0v) is 10.7. The lowest BCUT2D eigenvalue weighted by Gasteiger charge is -2.10. The van der Waals surface area contributed by atoms with E-state index < -0.39 is 5.97 Å². The molecule has 6 nitrogen and oxygen atoms in total. The maximum atomic E-state index is 11.4. The summed E-state index contributed by atoms with van der Waals surface area (Å²) < 4.78 is 5.03. The number of nitrogens with two attached hydrogens (primary N) is 1. The van der Waals surface area contributed by atoms with E-state index in [1.807, 2.05) is 0 Å². The van der Waals surface area contributed by atoms with Gasteiger partial charge >= 0.3 is 5.97 Å². The van der Waals surface area contributed by atoms with E-state index >= 15 is 0 Å². The molecular weight excluding hydrogens is 268 g/mol. The van der Waals surface area contributed by atoms with Gasteiger partial charge in [0.1, 0.15) is 11.0 Å². The molecule has 1 amide bonds. The minimum absolute atomic E-state index is 0.250. The number of aliphatic imine (C=N–C) groups is 1. The van der Waals surface area contributed by atoms with Gasteiger partial charge in [-0.25, -0.2) is 4.79 Å². The molecule has 19 heavy (non-hydrogen) atoms. The molecule has 7 heteroatoms. The van der Waals surface area contributed by atoms with Crippen molar-refractivity contribution < 1.29 is 19.4 Å². The Morgan fingerprint density at radius 2 is 2.42 bits per heavy atom. The maximum absolute atomic E-state index is 11.4. The highest BCUT2D eigenvalue weighted by molar-refractivity contribution is 8.15. The number of allylic oxidation sites excluding steroid dienone is 4. The fraction of sp³-hybridized carbons (Fsp3) is 0.250. The van der Waals surface area contributed by atoms with Gasteiger partial charge in [-0.2, -0.15) is 4.99 Å². The largest absolute Gasteiger partial charge is 0.482 e. The molecule has 1 aliphatic carbocycles. The van der Waals surface area contributed by atoms with Crippen LogP contribution in [0.3, 0.4) is 0 Å². The third-order valence-corrected chi connectivity index (χ3v) is 3.36. The number of amidine groups is 1. The van der Waals surface area contributed by atoms with Gasteiger partial charge in [-0.05, 0) is 24.1 Å². The van der Waals surface area contributed by atoms with Gasteiger partial charge in [-0.3, -0.25) is 4.79 Å². The van der Waals surface area contributed by atoms with E-state index in [0.29, 0.717) is 12.2 Å². The van der Waals surface area contributed by atoms with Crippen molar-refractivity contribution in [1.29, 1.82) is 0 Å². The number of ether oxygens (including phenoxy) is 1. The first-order valence-electron chi connectivity index (χ1n) is 5.53. The first-order valence-corrected chi connectivity index (χ1v) is 6.41. The van der Waals surface area contributed by atoms with Crippen LogP contribution in [0.25, 0.3) is 0 Å². The molecule has 0 radical (unpaired) electrons. The molecule has 1 atom stereocenters. The summed E-state index contributed by atoms with van der Waals surface area (Å²) in [5.41, 5.74) is 6.41. The highest BCUT2D eigenvalue weighted by Crippen LogP contribution is 2.25. The standard InChI is InChI=1S/C12H12N2O4S/c13-12-14-11(17)9(19-12)5-7-1-3-8(4-2-7)18-6-10(15)16/h1,3-5,9H,2,6H2,(H,15,16)(H2,13,14,17). The zero-order chi connectivity index (χ0) is 13.8. The molecule has 1 heterocycles. The molecule has 0 saturated carbocycles. The Labute approximate surface area is 113 Å². The van der Waals surface area contributed by atoms with Crippen LogP contribution in [0, 0.1) is 0 Å². The van der Waals surface area contributed by atoms with E-state index in [1.54, 1.807) is 24.3 Å². The predicted octanol–water partition coefficient (Wildman–Crippen LogP) is 0.815. The van der Waals surface area contributed by atoms with Crippen LogP contribution < -0.4 is 5.73 Å². The fourth-order valence-corrected chi connectivity index (χ4v) is 2.40. The monoisotopic (exact) mass is 280 g/mol. The molecular formula is C12H12N2O4S. The SMILES string of the molecule is NC1=NC(=O)C(C=C2C=CC(OCC(=O)O)=CC2)S1. The number of carbonyl (C=O) groups is 2. The third-order valence-electron chi connectivity index (χ3n) is 2.44. The fourth-order valence-electron chi connectivity index (χ4n) is 1.60. The lowest BCUT2D eigenvalue weighted by molar-refractivity contribution is -0.140. The van der Waals surface area contributed by atoms with Crippen molar-refractivity contribution in [1.82, 2.24) is 0 Å². The van der Waals surface area contributed by atoms with E-state index in [4.69, 9.17) is 15.6 Å². The molecule has 0 aromatic heterocycles. The molecule has 0 spiro atoms. The number of nitrogens with zero attached hydrogens (tertiary/aromatic N) is 1. The van der Waals surface area contributed by atoms with Gasteiger partial charge in [0.25, 0.3) is 5.91 Å². The van der Waals surface area contributed by atoms with Crippen molar-refractivity contribution in [3.8, 4) is 0 Å². The molecule has 100 valence electrons. The second kappa shape index (κ2) is 5.75. The quantitative estimate of drug-likeness (QED) is 0.790. The summed E-state index contributed by atoms with van der Waals surface area (Å²) in [5.74, 6) is -0.753. The lowest BCUT2D eigenvalue weighted by atomic mass is 10.1. The Morgan fingerprint density at radius 3 is 2.95 bits per heavy atom. The number of amides is 1. The number of hydrogen-bond acceptors (Lipinski definition) is 5. The third kappa shape index (κ3) is 3.72. The molecule has 3 N–H and O–H groups in total.